The zero-order valence-electron chi connectivity index (χ0n) is 19.7. The predicted molar refractivity (Wildman–Crippen MR) is 130 cm³/mol. The van der Waals surface area contributed by atoms with Gasteiger partial charge in [-0.15, -0.1) is 0 Å². The quantitative estimate of drug-likeness (QED) is 0.192. The van der Waals surface area contributed by atoms with Crippen molar-refractivity contribution in [3.05, 3.63) is 39.4 Å². The van der Waals surface area contributed by atoms with Crippen molar-refractivity contribution in [3.8, 4) is 5.88 Å². The standard InChI is InChI=1S/C21H20Cl2F5N7O4/c1-20(38,21(26,27)28)14(29)17(37)31-5-7-2-3-9(22)13(12(7)23)33-19-32-10-4-8(15(30)36)18(34-16(10)35-19)39-6-11(24)25/h2-4,11,14,38H,5-6,29H2,1H3,(H2,30,36)(H,31,37)(H2,32,33,34,35). The number of H-pyrrole nitrogens is 1. The summed E-state index contributed by atoms with van der Waals surface area (Å²) in [5, 5.41) is 14.6. The van der Waals surface area contributed by atoms with Gasteiger partial charge in [0.15, 0.2) is 17.9 Å². The summed E-state index contributed by atoms with van der Waals surface area (Å²) in [6, 6.07) is 1.61. The highest BCUT2D eigenvalue weighted by molar-refractivity contribution is 6.39. The number of carbonyl (C=O) groups excluding carboxylic acids is 2. The number of primary amides is 1. The SMILES string of the molecule is CC(O)(C(N)C(=O)NCc1ccc(Cl)c(Nc2nc3nc(OCC(F)F)c(C(N)=O)cc3[nH]2)c1Cl)C(F)(F)F. The molecule has 2 aromatic heterocycles. The number of aromatic nitrogens is 3. The lowest BCUT2D eigenvalue weighted by atomic mass is 9.95. The van der Waals surface area contributed by atoms with Crippen LogP contribution in [0.4, 0.5) is 33.6 Å². The maximum absolute atomic E-state index is 13.0. The van der Waals surface area contributed by atoms with Crippen molar-refractivity contribution >= 4 is 57.8 Å². The molecule has 2 atom stereocenters. The maximum Gasteiger partial charge on any atom is 0.418 e. The van der Waals surface area contributed by atoms with E-state index in [0.717, 1.165) is 0 Å². The zero-order chi connectivity index (χ0) is 29.3. The molecule has 0 fully saturated rings. The number of anilines is 2. The minimum absolute atomic E-state index is 0.0211. The van der Waals surface area contributed by atoms with Gasteiger partial charge < -0.3 is 36.9 Å². The minimum Gasteiger partial charge on any atom is -0.471 e. The predicted octanol–water partition coefficient (Wildman–Crippen LogP) is 3.01. The molecule has 3 rings (SSSR count). The van der Waals surface area contributed by atoms with Crippen molar-refractivity contribution in [2.45, 2.75) is 37.7 Å². The largest absolute Gasteiger partial charge is 0.471 e. The molecule has 0 aliphatic rings. The van der Waals surface area contributed by atoms with E-state index in [1.807, 2.05) is 0 Å². The van der Waals surface area contributed by atoms with Gasteiger partial charge in [0.05, 0.1) is 21.2 Å². The minimum atomic E-state index is -5.16. The van der Waals surface area contributed by atoms with Crippen LogP contribution in [-0.2, 0) is 11.3 Å². The zero-order valence-corrected chi connectivity index (χ0v) is 21.2. The van der Waals surface area contributed by atoms with E-state index in [2.05, 4.69) is 25.6 Å². The molecule has 212 valence electrons. The highest BCUT2D eigenvalue weighted by atomic mass is 35.5. The number of hydrogen-bond donors (Lipinski definition) is 6. The monoisotopic (exact) mass is 599 g/mol. The van der Waals surface area contributed by atoms with Gasteiger partial charge in [-0.1, -0.05) is 29.3 Å². The van der Waals surface area contributed by atoms with Crippen molar-refractivity contribution < 1.29 is 41.4 Å². The second kappa shape index (κ2) is 11.3. The lowest BCUT2D eigenvalue weighted by Crippen LogP contribution is -2.62. The second-order valence-corrected chi connectivity index (χ2v) is 9.01. The Morgan fingerprint density at radius 1 is 1.23 bits per heavy atom. The third-order valence-electron chi connectivity index (χ3n) is 5.38. The molecule has 0 aliphatic heterocycles. The average Bonchev–Trinajstić information content (AvgIpc) is 3.24. The Balaban J connectivity index is 1.84. The first-order valence-corrected chi connectivity index (χ1v) is 11.5. The first-order chi connectivity index (χ1) is 18.0. The molecule has 0 saturated heterocycles. The fourth-order valence-electron chi connectivity index (χ4n) is 3.10. The van der Waals surface area contributed by atoms with Crippen molar-refractivity contribution in [2.75, 3.05) is 11.9 Å². The molecule has 0 saturated carbocycles. The number of rotatable bonds is 10. The molecular formula is C21H20Cl2F5N7O4. The number of hydrogen-bond acceptors (Lipinski definition) is 8. The van der Waals surface area contributed by atoms with Gasteiger partial charge >= 0.3 is 6.18 Å². The average molecular weight is 600 g/mol. The number of pyridine rings is 1. The van der Waals surface area contributed by atoms with E-state index < -0.39 is 48.5 Å². The Kier molecular flexibility index (Phi) is 8.74. The molecule has 0 aliphatic carbocycles. The fraction of sp³-hybridized carbons (Fsp3) is 0.333. The van der Waals surface area contributed by atoms with E-state index in [1.165, 1.54) is 18.2 Å². The van der Waals surface area contributed by atoms with Crippen LogP contribution in [0.15, 0.2) is 18.2 Å². The van der Waals surface area contributed by atoms with Gasteiger partial charge in [-0.05, 0) is 24.6 Å². The molecule has 18 heteroatoms. The molecule has 39 heavy (non-hydrogen) atoms. The summed E-state index contributed by atoms with van der Waals surface area (Å²) in [5.74, 6) is -2.76. The number of imidazole rings is 1. The molecule has 2 heterocycles. The number of aromatic amines is 1. The number of alkyl halides is 5. The van der Waals surface area contributed by atoms with E-state index in [1.54, 1.807) is 0 Å². The Morgan fingerprint density at radius 2 is 1.90 bits per heavy atom. The van der Waals surface area contributed by atoms with Crippen LogP contribution in [0.3, 0.4) is 0 Å². The van der Waals surface area contributed by atoms with Gasteiger partial charge in [0.25, 0.3) is 12.3 Å². The molecule has 0 bridgehead atoms. The molecule has 1 aromatic carbocycles. The number of ether oxygens (including phenoxy) is 1. The number of carbonyl (C=O) groups is 2. The van der Waals surface area contributed by atoms with Crippen LogP contribution < -0.4 is 26.8 Å². The first-order valence-electron chi connectivity index (χ1n) is 10.7. The first kappa shape index (κ1) is 30.1. The number of amides is 2. The third-order valence-corrected chi connectivity index (χ3v) is 6.13. The van der Waals surface area contributed by atoms with Gasteiger partial charge in [0.2, 0.25) is 17.7 Å². The number of benzene rings is 1. The Bertz CT molecular complexity index is 1400. The lowest BCUT2D eigenvalue weighted by molar-refractivity contribution is -0.258. The number of nitrogens with zero attached hydrogens (tertiary/aromatic N) is 2. The highest BCUT2D eigenvalue weighted by Crippen LogP contribution is 2.36. The van der Waals surface area contributed by atoms with Crippen LogP contribution in [0.5, 0.6) is 5.88 Å². The van der Waals surface area contributed by atoms with Crippen LogP contribution in [0.25, 0.3) is 11.2 Å². The normalized spacial score (nSPS) is 14.2. The summed E-state index contributed by atoms with van der Waals surface area (Å²) in [4.78, 5) is 34.7. The van der Waals surface area contributed by atoms with Crippen LogP contribution in [0.2, 0.25) is 10.0 Å². The number of aliphatic hydroxyl groups is 1. The van der Waals surface area contributed by atoms with Crippen LogP contribution in [0, 0.1) is 0 Å². The van der Waals surface area contributed by atoms with Crippen molar-refractivity contribution in [1.29, 1.82) is 0 Å². The molecule has 3 aromatic rings. The topological polar surface area (TPSA) is 181 Å². The molecule has 11 nitrogen and oxygen atoms in total. The summed E-state index contributed by atoms with van der Waals surface area (Å²) >= 11 is 12.6. The molecule has 2 unspecified atom stereocenters. The van der Waals surface area contributed by atoms with E-state index in [4.69, 9.17) is 39.4 Å². The number of nitrogens with one attached hydrogen (secondary N) is 3. The second-order valence-electron chi connectivity index (χ2n) is 8.23. The van der Waals surface area contributed by atoms with Gasteiger partial charge in [-0.2, -0.15) is 23.1 Å². The van der Waals surface area contributed by atoms with Crippen molar-refractivity contribution in [3.63, 3.8) is 0 Å². The molecule has 2 amide bonds. The summed E-state index contributed by atoms with van der Waals surface area (Å²) in [6.45, 7) is -1.06. The molecular weight excluding hydrogens is 580 g/mol. The van der Waals surface area contributed by atoms with E-state index in [9.17, 15) is 36.6 Å². The molecule has 0 spiro atoms. The summed E-state index contributed by atoms with van der Waals surface area (Å²) in [6.07, 6.45) is -8.00. The van der Waals surface area contributed by atoms with E-state index in [-0.39, 0.29) is 50.5 Å². The number of nitrogens with two attached hydrogens (primary N) is 2. The summed E-state index contributed by atoms with van der Waals surface area (Å²) in [7, 11) is 0. The maximum atomic E-state index is 13.0. The highest BCUT2D eigenvalue weighted by Gasteiger charge is 2.56. The Labute approximate surface area is 226 Å². The van der Waals surface area contributed by atoms with Crippen molar-refractivity contribution in [2.24, 2.45) is 11.5 Å². The van der Waals surface area contributed by atoms with Crippen molar-refractivity contribution in [1.82, 2.24) is 20.3 Å². The Morgan fingerprint density at radius 3 is 2.49 bits per heavy atom. The van der Waals surface area contributed by atoms with Gasteiger partial charge in [-0.25, -0.2) is 8.78 Å². The Hall–Kier alpha value is -3.47. The van der Waals surface area contributed by atoms with E-state index >= 15 is 0 Å². The van der Waals surface area contributed by atoms with Crippen LogP contribution in [0.1, 0.15) is 22.8 Å². The number of fused-ring (bicyclic) bond motifs is 1. The van der Waals surface area contributed by atoms with Gasteiger partial charge in [0.1, 0.15) is 11.6 Å². The lowest BCUT2D eigenvalue weighted by Gasteiger charge is -2.31. The van der Waals surface area contributed by atoms with Gasteiger partial charge in [0, 0.05) is 6.54 Å². The smallest absolute Gasteiger partial charge is 0.418 e. The van der Waals surface area contributed by atoms with Crippen LogP contribution in [-0.4, -0.2) is 62.7 Å². The van der Waals surface area contributed by atoms with E-state index in [0.29, 0.717) is 6.92 Å². The third kappa shape index (κ3) is 6.58. The summed E-state index contributed by atoms with van der Waals surface area (Å²) in [5.41, 5.74) is 7.18. The fourth-order valence-corrected chi connectivity index (χ4v) is 3.63. The molecule has 0 radical (unpaired) electrons. The summed E-state index contributed by atoms with van der Waals surface area (Å²) < 4.78 is 68.9. The number of halogens is 7. The molecule has 8 N–H and O–H groups in total. The van der Waals surface area contributed by atoms with Crippen LogP contribution >= 0.6 is 23.2 Å². The van der Waals surface area contributed by atoms with Gasteiger partial charge in [-0.3, -0.25) is 9.59 Å².